The zero-order chi connectivity index (χ0) is 13.8. The summed E-state index contributed by atoms with van der Waals surface area (Å²) < 4.78 is 18.4. The van der Waals surface area contributed by atoms with Crippen LogP contribution in [0.4, 0.5) is 4.39 Å². The van der Waals surface area contributed by atoms with Crippen LogP contribution in [0.25, 0.3) is 10.6 Å². The van der Waals surface area contributed by atoms with Crippen molar-refractivity contribution in [3.8, 4) is 16.3 Å². The Kier molecular flexibility index (Phi) is 4.50. The van der Waals surface area contributed by atoms with Gasteiger partial charge in [-0.05, 0) is 31.7 Å². The number of aromatic nitrogens is 1. The number of benzene rings is 1. The van der Waals surface area contributed by atoms with Crippen molar-refractivity contribution in [2.75, 3.05) is 13.7 Å². The van der Waals surface area contributed by atoms with Crippen LogP contribution in [0, 0.1) is 5.82 Å². The second kappa shape index (κ2) is 6.12. The first-order chi connectivity index (χ1) is 9.15. The topological polar surface area (TPSA) is 34.1 Å². The Hall–Kier alpha value is -1.46. The smallest absolute Gasteiger partial charge is 0.165 e. The van der Waals surface area contributed by atoms with Crippen LogP contribution in [0.2, 0.25) is 0 Å². The Morgan fingerprint density at radius 1 is 1.47 bits per heavy atom. The van der Waals surface area contributed by atoms with Gasteiger partial charge in [0.15, 0.2) is 11.6 Å². The summed E-state index contributed by atoms with van der Waals surface area (Å²) in [6.07, 6.45) is 0. The Balaban J connectivity index is 2.27. The largest absolute Gasteiger partial charge is 0.494 e. The van der Waals surface area contributed by atoms with Gasteiger partial charge in [0.25, 0.3) is 0 Å². The van der Waals surface area contributed by atoms with Gasteiger partial charge in [0.2, 0.25) is 0 Å². The first-order valence-electron chi connectivity index (χ1n) is 6.18. The normalized spacial score (nSPS) is 12.4. The predicted molar refractivity (Wildman–Crippen MR) is 76.2 cm³/mol. The lowest BCUT2D eigenvalue weighted by Crippen LogP contribution is -2.17. The molecule has 0 aliphatic rings. The van der Waals surface area contributed by atoms with Crippen LogP contribution >= 0.6 is 11.3 Å². The van der Waals surface area contributed by atoms with Gasteiger partial charge >= 0.3 is 0 Å². The molecule has 3 nitrogen and oxygen atoms in total. The van der Waals surface area contributed by atoms with E-state index in [0.717, 1.165) is 22.8 Å². The SMILES string of the molecule is CCNC(C)c1csc(-c2ccc(F)c(OC)c2)n1. The maximum Gasteiger partial charge on any atom is 0.165 e. The minimum absolute atomic E-state index is 0.220. The molecule has 19 heavy (non-hydrogen) atoms. The number of ether oxygens (including phenoxy) is 1. The van der Waals surface area contributed by atoms with E-state index >= 15 is 0 Å². The number of hydrogen-bond acceptors (Lipinski definition) is 4. The van der Waals surface area contributed by atoms with Crippen molar-refractivity contribution in [2.45, 2.75) is 19.9 Å². The van der Waals surface area contributed by atoms with Crippen molar-refractivity contribution >= 4 is 11.3 Å². The standard InChI is InChI=1S/C14H17FN2OS/c1-4-16-9(2)12-8-19-14(17-12)10-5-6-11(15)13(7-10)18-3/h5-9,16H,4H2,1-3H3. The van der Waals surface area contributed by atoms with Gasteiger partial charge in [-0.3, -0.25) is 0 Å². The molecule has 0 aliphatic carbocycles. The fourth-order valence-corrected chi connectivity index (χ4v) is 2.73. The van der Waals surface area contributed by atoms with E-state index in [2.05, 4.69) is 24.1 Å². The summed E-state index contributed by atoms with van der Waals surface area (Å²) in [6.45, 7) is 5.04. The first kappa shape index (κ1) is 14.0. The summed E-state index contributed by atoms with van der Waals surface area (Å²) in [6, 6.07) is 5.02. The van der Waals surface area contributed by atoms with Gasteiger partial charge in [-0.2, -0.15) is 0 Å². The highest BCUT2D eigenvalue weighted by atomic mass is 32.1. The van der Waals surface area contributed by atoms with Crippen molar-refractivity contribution < 1.29 is 9.13 Å². The second-order valence-corrected chi connectivity index (χ2v) is 5.06. The maximum absolute atomic E-state index is 13.4. The number of methoxy groups -OCH3 is 1. The van der Waals surface area contributed by atoms with Crippen molar-refractivity contribution in [1.29, 1.82) is 0 Å². The van der Waals surface area contributed by atoms with Crippen LogP contribution in [0.5, 0.6) is 5.75 Å². The summed E-state index contributed by atoms with van der Waals surface area (Å²) in [4.78, 5) is 4.58. The molecule has 0 saturated carbocycles. The first-order valence-corrected chi connectivity index (χ1v) is 7.06. The molecular formula is C14H17FN2OS. The fourth-order valence-electron chi connectivity index (χ4n) is 1.82. The zero-order valence-electron chi connectivity index (χ0n) is 11.2. The van der Waals surface area contributed by atoms with Crippen LogP contribution in [-0.2, 0) is 0 Å². The van der Waals surface area contributed by atoms with Crippen LogP contribution in [0.3, 0.4) is 0 Å². The summed E-state index contributed by atoms with van der Waals surface area (Å²) in [7, 11) is 1.46. The van der Waals surface area contributed by atoms with E-state index in [1.165, 1.54) is 13.2 Å². The fraction of sp³-hybridized carbons (Fsp3) is 0.357. The number of nitrogens with zero attached hydrogens (tertiary/aromatic N) is 1. The van der Waals surface area contributed by atoms with Gasteiger partial charge in [0, 0.05) is 17.0 Å². The summed E-state index contributed by atoms with van der Waals surface area (Å²) in [5.74, 6) is -0.113. The van der Waals surface area contributed by atoms with Crippen molar-refractivity contribution in [3.05, 3.63) is 35.1 Å². The van der Waals surface area contributed by atoms with Gasteiger partial charge in [0.05, 0.1) is 12.8 Å². The summed E-state index contributed by atoms with van der Waals surface area (Å²) in [5.41, 5.74) is 1.88. The molecular weight excluding hydrogens is 263 g/mol. The third-order valence-electron chi connectivity index (χ3n) is 2.87. The molecule has 0 spiro atoms. The van der Waals surface area contributed by atoms with Crippen molar-refractivity contribution in [1.82, 2.24) is 10.3 Å². The molecule has 0 saturated heterocycles. The molecule has 1 N–H and O–H groups in total. The molecule has 1 aromatic carbocycles. The van der Waals surface area contributed by atoms with E-state index in [4.69, 9.17) is 4.74 Å². The molecule has 0 radical (unpaired) electrons. The maximum atomic E-state index is 13.4. The van der Waals surface area contributed by atoms with Gasteiger partial charge in [0.1, 0.15) is 5.01 Å². The molecule has 102 valence electrons. The van der Waals surface area contributed by atoms with Gasteiger partial charge in [-0.15, -0.1) is 11.3 Å². The minimum atomic E-state index is -0.357. The average molecular weight is 280 g/mol. The van der Waals surface area contributed by atoms with Crippen LogP contribution in [0.1, 0.15) is 25.6 Å². The Morgan fingerprint density at radius 3 is 2.95 bits per heavy atom. The van der Waals surface area contributed by atoms with E-state index < -0.39 is 0 Å². The highest BCUT2D eigenvalue weighted by molar-refractivity contribution is 7.13. The van der Waals surface area contributed by atoms with E-state index in [9.17, 15) is 4.39 Å². The molecule has 0 aliphatic heterocycles. The number of hydrogen-bond donors (Lipinski definition) is 1. The highest BCUT2D eigenvalue weighted by Gasteiger charge is 2.12. The lowest BCUT2D eigenvalue weighted by molar-refractivity contribution is 0.387. The molecule has 0 amide bonds. The highest BCUT2D eigenvalue weighted by Crippen LogP contribution is 2.30. The Morgan fingerprint density at radius 2 is 2.26 bits per heavy atom. The molecule has 2 rings (SSSR count). The lowest BCUT2D eigenvalue weighted by Gasteiger charge is -2.08. The van der Waals surface area contributed by atoms with Gasteiger partial charge in [-0.25, -0.2) is 9.37 Å². The number of halogens is 1. The zero-order valence-corrected chi connectivity index (χ0v) is 12.1. The molecule has 0 fully saturated rings. The number of nitrogens with one attached hydrogen (secondary N) is 1. The van der Waals surface area contributed by atoms with Crippen molar-refractivity contribution in [2.24, 2.45) is 0 Å². The Labute approximate surface area is 116 Å². The quantitative estimate of drug-likeness (QED) is 0.908. The number of rotatable bonds is 5. The predicted octanol–water partition coefficient (Wildman–Crippen LogP) is 3.63. The third kappa shape index (κ3) is 3.11. The molecule has 5 heteroatoms. The molecule has 2 aromatic rings. The molecule has 1 unspecified atom stereocenters. The van der Waals surface area contributed by atoms with Crippen LogP contribution in [-0.4, -0.2) is 18.6 Å². The van der Waals surface area contributed by atoms with Gasteiger partial charge < -0.3 is 10.1 Å². The van der Waals surface area contributed by atoms with E-state index in [1.54, 1.807) is 23.5 Å². The van der Waals surface area contributed by atoms with E-state index in [1.807, 2.05) is 5.38 Å². The van der Waals surface area contributed by atoms with Crippen LogP contribution in [0.15, 0.2) is 23.6 Å². The van der Waals surface area contributed by atoms with E-state index in [-0.39, 0.29) is 17.6 Å². The second-order valence-electron chi connectivity index (χ2n) is 4.21. The minimum Gasteiger partial charge on any atom is -0.494 e. The molecule has 1 atom stereocenters. The summed E-state index contributed by atoms with van der Waals surface area (Å²) >= 11 is 1.55. The van der Waals surface area contributed by atoms with Crippen LogP contribution < -0.4 is 10.1 Å². The lowest BCUT2D eigenvalue weighted by atomic mass is 10.2. The van der Waals surface area contributed by atoms with Crippen molar-refractivity contribution in [3.63, 3.8) is 0 Å². The monoisotopic (exact) mass is 280 g/mol. The molecule has 0 bridgehead atoms. The molecule has 1 heterocycles. The third-order valence-corrected chi connectivity index (χ3v) is 3.78. The summed E-state index contributed by atoms with van der Waals surface area (Å²) in [5, 5.41) is 6.22. The average Bonchev–Trinajstić information content (AvgIpc) is 2.89. The molecule has 1 aromatic heterocycles. The van der Waals surface area contributed by atoms with E-state index in [0.29, 0.717) is 0 Å². The number of thiazole rings is 1. The van der Waals surface area contributed by atoms with Gasteiger partial charge in [-0.1, -0.05) is 6.92 Å². The Bertz CT molecular complexity index is 556.